The van der Waals surface area contributed by atoms with E-state index in [4.69, 9.17) is 4.74 Å². The van der Waals surface area contributed by atoms with Crippen LogP contribution in [0.2, 0.25) is 0 Å². The van der Waals surface area contributed by atoms with E-state index in [-0.39, 0.29) is 12.7 Å². The maximum atomic E-state index is 9.19. The standard InChI is InChI=1S/C13H17NO2/c15-10-12-8-4-5-9-14-13(16-12)11-6-2-1-3-7-11/h1-3,6-7,12,15H,4-5,8-10H2. The number of ether oxygens (including phenoxy) is 1. The zero-order valence-electron chi connectivity index (χ0n) is 9.30. The molecule has 16 heavy (non-hydrogen) atoms. The number of aliphatic imine (C=N–C) groups is 1. The monoisotopic (exact) mass is 219 g/mol. The van der Waals surface area contributed by atoms with Gasteiger partial charge >= 0.3 is 0 Å². The SMILES string of the molecule is OCC1CCCCN=C(c2ccccc2)O1. The molecule has 1 heterocycles. The van der Waals surface area contributed by atoms with Crippen molar-refractivity contribution in [2.75, 3.05) is 13.2 Å². The minimum Gasteiger partial charge on any atom is -0.472 e. The summed E-state index contributed by atoms with van der Waals surface area (Å²) >= 11 is 0. The molecule has 1 aromatic rings. The van der Waals surface area contributed by atoms with Crippen molar-refractivity contribution in [1.82, 2.24) is 0 Å². The molecule has 2 rings (SSSR count). The lowest BCUT2D eigenvalue weighted by molar-refractivity contribution is 0.0947. The smallest absolute Gasteiger partial charge is 0.216 e. The molecular weight excluding hydrogens is 202 g/mol. The van der Waals surface area contributed by atoms with Crippen molar-refractivity contribution >= 4 is 5.90 Å². The Morgan fingerprint density at radius 2 is 2.06 bits per heavy atom. The van der Waals surface area contributed by atoms with Gasteiger partial charge in [-0.1, -0.05) is 18.2 Å². The zero-order chi connectivity index (χ0) is 11.2. The summed E-state index contributed by atoms with van der Waals surface area (Å²) in [5, 5.41) is 9.19. The second-order valence-electron chi connectivity index (χ2n) is 3.97. The highest BCUT2D eigenvalue weighted by Crippen LogP contribution is 2.13. The molecule has 0 saturated carbocycles. The average molecular weight is 219 g/mol. The lowest BCUT2D eigenvalue weighted by atomic mass is 10.1. The molecule has 1 aliphatic heterocycles. The summed E-state index contributed by atoms with van der Waals surface area (Å²) in [6.45, 7) is 0.869. The van der Waals surface area contributed by atoms with E-state index in [0.29, 0.717) is 5.90 Å². The van der Waals surface area contributed by atoms with E-state index >= 15 is 0 Å². The van der Waals surface area contributed by atoms with Gasteiger partial charge in [0.05, 0.1) is 6.61 Å². The van der Waals surface area contributed by atoms with Crippen LogP contribution in [0.15, 0.2) is 35.3 Å². The molecule has 86 valence electrons. The van der Waals surface area contributed by atoms with E-state index in [1.165, 1.54) is 0 Å². The first-order chi connectivity index (χ1) is 7.90. The molecule has 0 radical (unpaired) electrons. The van der Waals surface area contributed by atoms with Crippen molar-refractivity contribution in [1.29, 1.82) is 0 Å². The van der Waals surface area contributed by atoms with Crippen LogP contribution in [0.3, 0.4) is 0 Å². The fourth-order valence-electron chi connectivity index (χ4n) is 1.79. The normalized spacial score (nSPS) is 21.6. The van der Waals surface area contributed by atoms with Crippen molar-refractivity contribution in [3.63, 3.8) is 0 Å². The summed E-state index contributed by atoms with van der Waals surface area (Å²) in [5.74, 6) is 0.666. The number of benzene rings is 1. The fourth-order valence-corrected chi connectivity index (χ4v) is 1.79. The van der Waals surface area contributed by atoms with Crippen molar-refractivity contribution in [3.8, 4) is 0 Å². The van der Waals surface area contributed by atoms with Crippen molar-refractivity contribution in [2.24, 2.45) is 4.99 Å². The number of aliphatic hydroxyl groups is 1. The Hall–Kier alpha value is -1.35. The average Bonchev–Trinajstić information content (AvgIpc) is 2.30. The third-order valence-electron chi connectivity index (χ3n) is 2.69. The van der Waals surface area contributed by atoms with Crippen LogP contribution in [0.4, 0.5) is 0 Å². The third kappa shape index (κ3) is 2.83. The number of hydrogen-bond acceptors (Lipinski definition) is 3. The molecule has 1 N–H and O–H groups in total. The van der Waals surface area contributed by atoms with Crippen LogP contribution in [0, 0.1) is 0 Å². The predicted molar refractivity (Wildman–Crippen MR) is 63.7 cm³/mol. The van der Waals surface area contributed by atoms with Gasteiger partial charge in [0.2, 0.25) is 5.90 Å². The number of aliphatic hydroxyl groups excluding tert-OH is 1. The van der Waals surface area contributed by atoms with Gasteiger partial charge < -0.3 is 9.84 Å². The molecule has 0 fully saturated rings. The summed E-state index contributed by atoms with van der Waals surface area (Å²) in [6.07, 6.45) is 2.93. The highest BCUT2D eigenvalue weighted by Gasteiger charge is 2.15. The molecule has 1 unspecified atom stereocenters. The van der Waals surface area contributed by atoms with Crippen LogP contribution < -0.4 is 0 Å². The molecular formula is C13H17NO2. The molecule has 1 aromatic carbocycles. The van der Waals surface area contributed by atoms with Gasteiger partial charge in [-0.3, -0.25) is 4.99 Å². The van der Waals surface area contributed by atoms with Crippen LogP contribution in [-0.2, 0) is 4.74 Å². The quantitative estimate of drug-likeness (QED) is 0.826. The molecule has 0 aromatic heterocycles. The first-order valence-corrected chi connectivity index (χ1v) is 5.77. The van der Waals surface area contributed by atoms with Crippen molar-refractivity contribution in [3.05, 3.63) is 35.9 Å². The van der Waals surface area contributed by atoms with Crippen molar-refractivity contribution < 1.29 is 9.84 Å². The van der Waals surface area contributed by atoms with Crippen LogP contribution in [0.1, 0.15) is 24.8 Å². The van der Waals surface area contributed by atoms with Crippen molar-refractivity contribution in [2.45, 2.75) is 25.4 Å². The molecule has 1 aliphatic rings. The van der Waals surface area contributed by atoms with Crippen LogP contribution in [-0.4, -0.2) is 30.3 Å². The Labute approximate surface area is 95.8 Å². The first-order valence-electron chi connectivity index (χ1n) is 5.77. The summed E-state index contributed by atoms with van der Waals surface area (Å²) in [7, 11) is 0. The van der Waals surface area contributed by atoms with Gasteiger partial charge in [0, 0.05) is 12.1 Å². The van der Waals surface area contributed by atoms with Gasteiger partial charge in [-0.15, -0.1) is 0 Å². The molecule has 0 bridgehead atoms. The zero-order valence-corrected chi connectivity index (χ0v) is 9.30. The van der Waals surface area contributed by atoms with Gasteiger partial charge in [-0.25, -0.2) is 0 Å². The van der Waals surface area contributed by atoms with E-state index in [9.17, 15) is 5.11 Å². The number of rotatable bonds is 2. The largest absolute Gasteiger partial charge is 0.472 e. The minimum absolute atomic E-state index is 0.0614. The molecule has 0 saturated heterocycles. The van der Waals surface area contributed by atoms with Gasteiger partial charge in [0.15, 0.2) is 0 Å². The van der Waals surface area contributed by atoms with Gasteiger partial charge in [-0.2, -0.15) is 0 Å². The molecule has 0 aliphatic carbocycles. The molecule has 0 amide bonds. The molecule has 0 spiro atoms. The number of nitrogens with zero attached hydrogens (tertiary/aromatic N) is 1. The van der Waals surface area contributed by atoms with Crippen LogP contribution in [0.25, 0.3) is 0 Å². The Balaban J connectivity index is 2.17. The predicted octanol–water partition coefficient (Wildman–Crippen LogP) is 1.99. The van der Waals surface area contributed by atoms with E-state index < -0.39 is 0 Å². The Kier molecular flexibility index (Phi) is 3.94. The first kappa shape index (κ1) is 11.1. The van der Waals surface area contributed by atoms with E-state index in [0.717, 1.165) is 31.4 Å². The van der Waals surface area contributed by atoms with E-state index in [1.807, 2.05) is 30.3 Å². The van der Waals surface area contributed by atoms with Gasteiger partial charge in [0.1, 0.15) is 6.10 Å². The molecule has 3 nitrogen and oxygen atoms in total. The Bertz CT molecular complexity index is 348. The van der Waals surface area contributed by atoms with Gasteiger partial charge in [-0.05, 0) is 31.4 Å². The molecule has 1 atom stereocenters. The Morgan fingerprint density at radius 3 is 2.81 bits per heavy atom. The maximum Gasteiger partial charge on any atom is 0.216 e. The summed E-state index contributed by atoms with van der Waals surface area (Å²) in [5.41, 5.74) is 0.989. The van der Waals surface area contributed by atoms with E-state index in [1.54, 1.807) is 0 Å². The van der Waals surface area contributed by atoms with Gasteiger partial charge in [0.25, 0.3) is 0 Å². The highest BCUT2D eigenvalue weighted by atomic mass is 16.5. The fraction of sp³-hybridized carbons (Fsp3) is 0.462. The lowest BCUT2D eigenvalue weighted by Gasteiger charge is -2.20. The summed E-state index contributed by atoms with van der Waals surface area (Å²) in [6, 6.07) is 9.86. The maximum absolute atomic E-state index is 9.19. The molecule has 3 heteroatoms. The summed E-state index contributed by atoms with van der Waals surface area (Å²) in [4.78, 5) is 4.43. The minimum atomic E-state index is -0.112. The second-order valence-corrected chi connectivity index (χ2v) is 3.97. The van der Waals surface area contributed by atoms with Crippen LogP contribution >= 0.6 is 0 Å². The topological polar surface area (TPSA) is 41.8 Å². The summed E-state index contributed by atoms with van der Waals surface area (Å²) < 4.78 is 5.73. The second kappa shape index (κ2) is 5.66. The number of hydrogen-bond donors (Lipinski definition) is 1. The Morgan fingerprint density at radius 1 is 1.25 bits per heavy atom. The van der Waals surface area contributed by atoms with Crippen LogP contribution in [0.5, 0.6) is 0 Å². The highest BCUT2D eigenvalue weighted by molar-refractivity contribution is 5.94. The lowest BCUT2D eigenvalue weighted by Crippen LogP contribution is -2.24. The third-order valence-corrected chi connectivity index (χ3v) is 2.69. The van der Waals surface area contributed by atoms with E-state index in [2.05, 4.69) is 4.99 Å².